The van der Waals surface area contributed by atoms with Crippen molar-refractivity contribution in [3.63, 3.8) is 0 Å². The summed E-state index contributed by atoms with van der Waals surface area (Å²) in [6, 6.07) is 12.5. The van der Waals surface area contributed by atoms with E-state index < -0.39 is 5.92 Å². The summed E-state index contributed by atoms with van der Waals surface area (Å²) >= 11 is 0. The van der Waals surface area contributed by atoms with Crippen molar-refractivity contribution in [3.05, 3.63) is 59.2 Å². The molecule has 1 atom stereocenters. The van der Waals surface area contributed by atoms with E-state index in [1.165, 1.54) is 0 Å². The molecule has 158 valence electrons. The highest BCUT2D eigenvalue weighted by Crippen LogP contribution is 2.31. The Kier molecular flexibility index (Phi) is 6.87. The number of nitrogens with zero attached hydrogens (tertiary/aromatic N) is 1. The van der Waals surface area contributed by atoms with E-state index in [0.29, 0.717) is 24.4 Å². The lowest BCUT2D eigenvalue weighted by Gasteiger charge is -2.21. The molecule has 1 heterocycles. The van der Waals surface area contributed by atoms with E-state index in [9.17, 15) is 14.4 Å². The summed E-state index contributed by atoms with van der Waals surface area (Å²) in [5.41, 5.74) is 3.96. The van der Waals surface area contributed by atoms with Crippen LogP contribution in [0.15, 0.2) is 42.5 Å². The molecule has 30 heavy (non-hydrogen) atoms. The third kappa shape index (κ3) is 4.87. The van der Waals surface area contributed by atoms with Crippen LogP contribution in [0.3, 0.4) is 0 Å². The average molecular weight is 408 g/mol. The Labute approximate surface area is 177 Å². The summed E-state index contributed by atoms with van der Waals surface area (Å²) in [7, 11) is 0. The highest BCUT2D eigenvalue weighted by Gasteiger charge is 2.36. The van der Waals surface area contributed by atoms with Crippen LogP contribution in [0.4, 0.5) is 11.4 Å². The molecular formula is C24H28N2O4. The normalized spacial score (nSPS) is 15.9. The number of rotatable bonds is 7. The van der Waals surface area contributed by atoms with Gasteiger partial charge in [0.1, 0.15) is 0 Å². The number of benzene rings is 2. The molecule has 0 saturated carbocycles. The van der Waals surface area contributed by atoms with E-state index in [1.807, 2.05) is 39.0 Å². The van der Waals surface area contributed by atoms with Crippen LogP contribution in [0.1, 0.15) is 47.7 Å². The molecule has 1 fully saturated rings. The molecule has 0 aliphatic carbocycles. The fraction of sp³-hybridized carbons (Fsp3) is 0.375. The van der Waals surface area contributed by atoms with Crippen LogP contribution in [-0.4, -0.2) is 30.9 Å². The van der Waals surface area contributed by atoms with E-state index in [4.69, 9.17) is 4.74 Å². The van der Waals surface area contributed by atoms with E-state index in [1.54, 1.807) is 29.2 Å². The number of unbranched alkanes of at least 4 members (excludes halogenated alkanes) is 1. The first kappa shape index (κ1) is 21.6. The maximum atomic E-state index is 12.7. The topological polar surface area (TPSA) is 75.7 Å². The second kappa shape index (κ2) is 9.57. The van der Waals surface area contributed by atoms with Crippen LogP contribution >= 0.6 is 0 Å². The molecule has 2 aromatic carbocycles. The molecule has 0 radical (unpaired) electrons. The molecule has 6 heteroatoms. The largest absolute Gasteiger partial charge is 0.462 e. The number of nitrogens with one attached hydrogen (secondary N) is 1. The zero-order valence-electron chi connectivity index (χ0n) is 17.7. The Morgan fingerprint density at radius 2 is 1.77 bits per heavy atom. The third-order valence-electron chi connectivity index (χ3n) is 5.32. The predicted octanol–water partition coefficient (Wildman–Crippen LogP) is 4.25. The lowest BCUT2D eigenvalue weighted by molar-refractivity contribution is -0.122. The Hall–Kier alpha value is -3.15. The lowest BCUT2D eigenvalue weighted by atomic mass is 10.1. The number of hydrogen-bond acceptors (Lipinski definition) is 4. The first-order chi connectivity index (χ1) is 14.4. The number of aryl methyl sites for hydroxylation is 2. The second-order valence-corrected chi connectivity index (χ2v) is 7.70. The van der Waals surface area contributed by atoms with Crippen molar-refractivity contribution in [1.29, 1.82) is 0 Å². The quantitative estimate of drug-likeness (QED) is 0.549. The average Bonchev–Trinajstić information content (AvgIpc) is 3.10. The van der Waals surface area contributed by atoms with Crippen LogP contribution in [-0.2, 0) is 14.3 Å². The van der Waals surface area contributed by atoms with E-state index in [2.05, 4.69) is 5.32 Å². The number of amides is 2. The minimum absolute atomic E-state index is 0.0438. The van der Waals surface area contributed by atoms with Crippen LogP contribution in [0.5, 0.6) is 0 Å². The monoisotopic (exact) mass is 408 g/mol. The zero-order valence-corrected chi connectivity index (χ0v) is 17.7. The van der Waals surface area contributed by atoms with Crippen molar-refractivity contribution in [2.45, 2.75) is 40.0 Å². The number of hydrogen-bond donors (Lipinski definition) is 1. The van der Waals surface area contributed by atoms with Gasteiger partial charge in [0.05, 0.1) is 18.1 Å². The number of para-hydroxylation sites is 1. The van der Waals surface area contributed by atoms with E-state index in [0.717, 1.165) is 29.7 Å². The van der Waals surface area contributed by atoms with Gasteiger partial charge in [-0.2, -0.15) is 0 Å². The Morgan fingerprint density at radius 1 is 1.10 bits per heavy atom. The number of carbonyl (C=O) groups is 3. The Balaban J connectivity index is 1.61. The van der Waals surface area contributed by atoms with Gasteiger partial charge in [-0.3, -0.25) is 9.59 Å². The predicted molar refractivity (Wildman–Crippen MR) is 117 cm³/mol. The summed E-state index contributed by atoms with van der Waals surface area (Å²) in [4.78, 5) is 39.0. The van der Waals surface area contributed by atoms with Crippen LogP contribution in [0, 0.1) is 19.8 Å². The maximum absolute atomic E-state index is 12.7. The summed E-state index contributed by atoms with van der Waals surface area (Å²) in [5.74, 6) is -1.03. The molecule has 1 N–H and O–H groups in total. The van der Waals surface area contributed by atoms with Crippen molar-refractivity contribution in [1.82, 2.24) is 0 Å². The molecule has 1 aliphatic heterocycles. The molecule has 0 spiro atoms. The van der Waals surface area contributed by atoms with Crippen molar-refractivity contribution in [2.24, 2.45) is 5.92 Å². The number of esters is 1. The molecular weight excluding hydrogens is 380 g/mol. The van der Waals surface area contributed by atoms with Gasteiger partial charge in [-0.05, 0) is 55.7 Å². The highest BCUT2D eigenvalue weighted by molar-refractivity contribution is 6.04. The first-order valence-electron chi connectivity index (χ1n) is 10.3. The summed E-state index contributed by atoms with van der Waals surface area (Å²) in [6.45, 7) is 6.73. The molecule has 2 aromatic rings. The van der Waals surface area contributed by atoms with Gasteiger partial charge in [0, 0.05) is 24.3 Å². The van der Waals surface area contributed by atoms with Crippen molar-refractivity contribution in [3.8, 4) is 0 Å². The summed E-state index contributed by atoms with van der Waals surface area (Å²) in [5, 5.41) is 2.85. The number of anilines is 2. The summed E-state index contributed by atoms with van der Waals surface area (Å²) < 4.78 is 5.19. The molecule has 0 bridgehead atoms. The molecule has 6 nitrogen and oxygen atoms in total. The van der Waals surface area contributed by atoms with Gasteiger partial charge in [0.2, 0.25) is 11.8 Å². The van der Waals surface area contributed by atoms with Crippen molar-refractivity contribution < 1.29 is 19.1 Å². The third-order valence-corrected chi connectivity index (χ3v) is 5.32. The first-order valence-corrected chi connectivity index (χ1v) is 10.3. The second-order valence-electron chi connectivity index (χ2n) is 7.70. The molecule has 0 aromatic heterocycles. The number of ether oxygens (including phenoxy) is 1. The zero-order chi connectivity index (χ0) is 21.7. The van der Waals surface area contributed by atoms with Gasteiger partial charge in [-0.15, -0.1) is 0 Å². The SMILES string of the molecule is CCCCOC(=O)c1ccc(NC(=O)[C@@H]2CC(=O)N(c3c(C)cccc3C)C2)cc1. The summed E-state index contributed by atoms with van der Waals surface area (Å²) in [6.07, 6.45) is 1.98. The fourth-order valence-electron chi connectivity index (χ4n) is 3.66. The molecule has 2 amide bonds. The maximum Gasteiger partial charge on any atom is 0.338 e. The van der Waals surface area contributed by atoms with Crippen molar-refractivity contribution >= 4 is 29.2 Å². The van der Waals surface area contributed by atoms with Crippen molar-refractivity contribution in [2.75, 3.05) is 23.4 Å². The number of carbonyl (C=O) groups excluding carboxylic acids is 3. The van der Waals surface area contributed by atoms with E-state index >= 15 is 0 Å². The standard InChI is InChI=1S/C24H28N2O4/c1-4-5-13-30-24(29)18-9-11-20(12-10-18)25-23(28)19-14-21(27)26(15-19)22-16(2)7-6-8-17(22)3/h6-12,19H,4-5,13-15H2,1-3H3,(H,25,28)/t19-/m1/s1. The van der Waals surface area contributed by atoms with Gasteiger partial charge in [0.15, 0.2) is 0 Å². The van der Waals surface area contributed by atoms with E-state index in [-0.39, 0.29) is 24.2 Å². The van der Waals surface area contributed by atoms with Crippen LogP contribution in [0.2, 0.25) is 0 Å². The molecule has 3 rings (SSSR count). The highest BCUT2D eigenvalue weighted by atomic mass is 16.5. The Morgan fingerprint density at radius 3 is 2.40 bits per heavy atom. The van der Waals surface area contributed by atoms with Gasteiger partial charge in [-0.1, -0.05) is 31.5 Å². The molecule has 1 saturated heterocycles. The smallest absolute Gasteiger partial charge is 0.338 e. The minimum atomic E-state index is -0.421. The Bertz CT molecular complexity index is 916. The minimum Gasteiger partial charge on any atom is -0.462 e. The fourth-order valence-corrected chi connectivity index (χ4v) is 3.66. The van der Waals surface area contributed by atoms with Crippen LogP contribution in [0.25, 0.3) is 0 Å². The van der Waals surface area contributed by atoms with Gasteiger partial charge >= 0.3 is 5.97 Å². The lowest BCUT2D eigenvalue weighted by Crippen LogP contribution is -2.29. The van der Waals surface area contributed by atoms with Gasteiger partial charge in [0.25, 0.3) is 0 Å². The van der Waals surface area contributed by atoms with Crippen LogP contribution < -0.4 is 10.2 Å². The van der Waals surface area contributed by atoms with Gasteiger partial charge in [-0.25, -0.2) is 4.79 Å². The van der Waals surface area contributed by atoms with Gasteiger partial charge < -0.3 is 15.0 Å². The molecule has 0 unspecified atom stereocenters. The molecule has 1 aliphatic rings.